The Labute approximate surface area is 114 Å². The van der Waals surface area contributed by atoms with Gasteiger partial charge in [-0.3, -0.25) is 9.88 Å². The average Bonchev–Trinajstić information content (AvgIpc) is 2.80. The summed E-state index contributed by atoms with van der Waals surface area (Å²) >= 11 is 2.04. The Morgan fingerprint density at radius 3 is 2.89 bits per heavy atom. The third-order valence-electron chi connectivity index (χ3n) is 3.82. The van der Waals surface area contributed by atoms with Crippen molar-refractivity contribution in [1.82, 2.24) is 9.88 Å². The van der Waals surface area contributed by atoms with Crippen molar-refractivity contribution in [2.75, 3.05) is 18.8 Å². The van der Waals surface area contributed by atoms with Gasteiger partial charge in [-0.2, -0.15) is 11.8 Å². The number of hydrogen-bond donors (Lipinski definition) is 1. The first-order valence-electron chi connectivity index (χ1n) is 6.67. The minimum absolute atomic E-state index is 0.163. The minimum Gasteiger partial charge on any atom is -0.329 e. The van der Waals surface area contributed by atoms with Crippen LogP contribution >= 0.6 is 11.8 Å². The highest BCUT2D eigenvalue weighted by Crippen LogP contribution is 2.38. The summed E-state index contributed by atoms with van der Waals surface area (Å²) in [6.07, 6.45) is 3.05. The van der Waals surface area contributed by atoms with Gasteiger partial charge in [0.05, 0.1) is 5.69 Å². The van der Waals surface area contributed by atoms with Gasteiger partial charge in [-0.05, 0) is 25.1 Å². The molecule has 2 N–H and O–H groups in total. The highest BCUT2D eigenvalue weighted by atomic mass is 32.2. The number of nitrogens with two attached hydrogens (primary N) is 1. The van der Waals surface area contributed by atoms with Crippen molar-refractivity contribution in [3.05, 3.63) is 30.1 Å². The molecule has 1 aliphatic rings. The normalized spacial score (nSPS) is 27.9. The summed E-state index contributed by atoms with van der Waals surface area (Å²) in [5.74, 6) is 1.14. The van der Waals surface area contributed by atoms with Gasteiger partial charge in [0, 0.05) is 35.8 Å². The fraction of sp³-hybridized carbons (Fsp3) is 0.643. The molecule has 0 aromatic carbocycles. The van der Waals surface area contributed by atoms with Gasteiger partial charge in [-0.1, -0.05) is 19.9 Å². The van der Waals surface area contributed by atoms with Gasteiger partial charge in [0.25, 0.3) is 0 Å². The number of likely N-dealkylation sites (N-methyl/N-ethyl adjacent to an activating group) is 1. The lowest BCUT2D eigenvalue weighted by atomic mass is 9.93. The van der Waals surface area contributed by atoms with Crippen LogP contribution in [0.1, 0.15) is 26.0 Å². The molecule has 100 valence electrons. The Bertz CT molecular complexity index is 371. The number of nitrogens with zero attached hydrogens (tertiary/aromatic N) is 2. The molecule has 1 saturated heterocycles. The quantitative estimate of drug-likeness (QED) is 0.885. The van der Waals surface area contributed by atoms with Gasteiger partial charge >= 0.3 is 0 Å². The molecule has 0 saturated carbocycles. The smallest absolute Gasteiger partial charge is 0.0544 e. The molecule has 1 aromatic heterocycles. The van der Waals surface area contributed by atoms with Crippen LogP contribution in [0.4, 0.5) is 0 Å². The van der Waals surface area contributed by atoms with E-state index in [1.165, 1.54) is 6.42 Å². The monoisotopic (exact) mass is 265 g/mol. The van der Waals surface area contributed by atoms with Gasteiger partial charge in [-0.15, -0.1) is 0 Å². The second kappa shape index (κ2) is 6.04. The predicted molar refractivity (Wildman–Crippen MR) is 78.6 cm³/mol. The Balaban J connectivity index is 2.12. The van der Waals surface area contributed by atoms with Crippen molar-refractivity contribution in [2.24, 2.45) is 5.73 Å². The highest BCUT2D eigenvalue weighted by Gasteiger charge is 2.41. The van der Waals surface area contributed by atoms with Crippen LogP contribution in [0, 0.1) is 0 Å². The molecule has 0 aliphatic carbocycles. The number of hydrogen-bond acceptors (Lipinski definition) is 4. The molecule has 1 aliphatic heterocycles. The number of aromatic nitrogens is 1. The first-order valence-corrected chi connectivity index (χ1v) is 7.71. The van der Waals surface area contributed by atoms with E-state index in [-0.39, 0.29) is 5.54 Å². The van der Waals surface area contributed by atoms with Crippen LogP contribution in [-0.4, -0.2) is 39.5 Å². The second-order valence-electron chi connectivity index (χ2n) is 5.09. The lowest BCUT2D eigenvalue weighted by Crippen LogP contribution is -2.54. The third-order valence-corrected chi connectivity index (χ3v) is 5.26. The first-order chi connectivity index (χ1) is 8.70. The highest BCUT2D eigenvalue weighted by molar-refractivity contribution is 8.00. The van der Waals surface area contributed by atoms with Crippen molar-refractivity contribution >= 4 is 11.8 Å². The zero-order chi connectivity index (χ0) is 13.0. The van der Waals surface area contributed by atoms with Crippen molar-refractivity contribution < 1.29 is 0 Å². The van der Waals surface area contributed by atoms with Crippen LogP contribution < -0.4 is 5.73 Å². The van der Waals surface area contributed by atoms with Crippen LogP contribution in [0.15, 0.2) is 24.4 Å². The third kappa shape index (κ3) is 2.87. The topological polar surface area (TPSA) is 42.2 Å². The van der Waals surface area contributed by atoms with Gasteiger partial charge in [-0.25, -0.2) is 0 Å². The summed E-state index contributed by atoms with van der Waals surface area (Å²) in [5.41, 5.74) is 7.38. The molecule has 0 bridgehead atoms. The lowest BCUT2D eigenvalue weighted by molar-refractivity contribution is 0.109. The van der Waals surface area contributed by atoms with Crippen molar-refractivity contribution in [3.8, 4) is 0 Å². The van der Waals surface area contributed by atoms with E-state index < -0.39 is 0 Å². The SMILES string of the molecule is CCN(Cc1ccccn1)C1(CN)CSC(C)C1. The summed E-state index contributed by atoms with van der Waals surface area (Å²) in [6, 6.07) is 6.11. The van der Waals surface area contributed by atoms with Crippen LogP contribution in [0.2, 0.25) is 0 Å². The van der Waals surface area contributed by atoms with E-state index in [2.05, 4.69) is 35.9 Å². The molecule has 2 rings (SSSR count). The molecule has 2 heterocycles. The minimum atomic E-state index is 0.163. The molecular formula is C14H23N3S. The Morgan fingerprint density at radius 1 is 1.56 bits per heavy atom. The number of rotatable bonds is 5. The van der Waals surface area contributed by atoms with Crippen molar-refractivity contribution in [1.29, 1.82) is 0 Å². The second-order valence-corrected chi connectivity index (χ2v) is 6.52. The molecule has 0 radical (unpaired) electrons. The molecule has 1 fully saturated rings. The molecule has 2 unspecified atom stereocenters. The van der Waals surface area contributed by atoms with Gasteiger partial charge < -0.3 is 5.73 Å². The molecular weight excluding hydrogens is 242 g/mol. The average molecular weight is 265 g/mol. The van der Waals surface area contributed by atoms with E-state index in [4.69, 9.17) is 5.73 Å². The maximum Gasteiger partial charge on any atom is 0.0544 e. The molecule has 18 heavy (non-hydrogen) atoms. The molecule has 0 spiro atoms. The molecule has 1 aromatic rings. The van der Waals surface area contributed by atoms with E-state index in [1.54, 1.807) is 0 Å². The van der Waals surface area contributed by atoms with E-state index in [9.17, 15) is 0 Å². The summed E-state index contributed by atoms with van der Waals surface area (Å²) in [5, 5.41) is 0.714. The van der Waals surface area contributed by atoms with E-state index in [1.807, 2.05) is 24.0 Å². The summed E-state index contributed by atoms with van der Waals surface area (Å²) in [7, 11) is 0. The standard InChI is InChI=1S/C14H23N3S/c1-3-17(9-13-6-4-5-7-16-13)14(10-15)8-12(2)18-11-14/h4-7,12H,3,8-11,15H2,1-2H3. The van der Waals surface area contributed by atoms with Gasteiger partial charge in [0.1, 0.15) is 0 Å². The van der Waals surface area contributed by atoms with Gasteiger partial charge in [0.15, 0.2) is 0 Å². The van der Waals surface area contributed by atoms with E-state index >= 15 is 0 Å². The maximum absolute atomic E-state index is 6.09. The van der Waals surface area contributed by atoms with Gasteiger partial charge in [0.2, 0.25) is 0 Å². The number of thioether (sulfide) groups is 1. The molecule has 2 atom stereocenters. The van der Waals surface area contributed by atoms with E-state index in [0.29, 0.717) is 5.25 Å². The fourth-order valence-electron chi connectivity index (χ4n) is 2.74. The summed E-state index contributed by atoms with van der Waals surface area (Å²) in [4.78, 5) is 6.94. The molecule has 4 heteroatoms. The maximum atomic E-state index is 6.09. The fourth-order valence-corrected chi connectivity index (χ4v) is 4.19. The van der Waals surface area contributed by atoms with Crippen LogP contribution in [0.5, 0.6) is 0 Å². The van der Waals surface area contributed by atoms with Crippen LogP contribution in [0.25, 0.3) is 0 Å². The predicted octanol–water partition coefficient (Wildman–Crippen LogP) is 2.13. The van der Waals surface area contributed by atoms with E-state index in [0.717, 1.165) is 31.1 Å². The van der Waals surface area contributed by atoms with Crippen molar-refractivity contribution in [3.63, 3.8) is 0 Å². The zero-order valence-electron chi connectivity index (χ0n) is 11.3. The number of pyridine rings is 1. The molecule has 0 amide bonds. The Kier molecular flexibility index (Phi) is 4.65. The largest absolute Gasteiger partial charge is 0.329 e. The Hall–Kier alpha value is -0.580. The lowest BCUT2D eigenvalue weighted by Gasteiger charge is -2.39. The zero-order valence-corrected chi connectivity index (χ0v) is 12.1. The summed E-state index contributed by atoms with van der Waals surface area (Å²) in [6.45, 7) is 7.19. The summed E-state index contributed by atoms with van der Waals surface area (Å²) < 4.78 is 0. The Morgan fingerprint density at radius 2 is 2.39 bits per heavy atom. The van der Waals surface area contributed by atoms with Crippen LogP contribution in [0.3, 0.4) is 0 Å². The first kappa shape index (κ1) is 13.8. The van der Waals surface area contributed by atoms with Crippen LogP contribution in [-0.2, 0) is 6.54 Å². The molecule has 3 nitrogen and oxygen atoms in total. The van der Waals surface area contributed by atoms with Crippen molar-refractivity contribution in [2.45, 2.75) is 37.6 Å².